The van der Waals surface area contributed by atoms with Gasteiger partial charge in [-0.1, -0.05) is 77.3 Å². The van der Waals surface area contributed by atoms with E-state index in [4.69, 9.17) is 39.5 Å². The van der Waals surface area contributed by atoms with Crippen molar-refractivity contribution >= 4 is 52.6 Å². The second-order valence-electron chi connectivity index (χ2n) is 9.64. The van der Waals surface area contributed by atoms with Gasteiger partial charge in [0.15, 0.2) is 5.69 Å². The molecule has 2 N–H and O–H groups in total. The van der Waals surface area contributed by atoms with Crippen LogP contribution >= 0.6 is 34.8 Å². The number of carbonyl (C=O) groups excluding carboxylic acids is 3. The van der Waals surface area contributed by atoms with Crippen molar-refractivity contribution in [2.45, 2.75) is 38.8 Å². The Kier molecular flexibility index (Phi) is 10.3. The fourth-order valence-electron chi connectivity index (χ4n) is 4.49. The van der Waals surface area contributed by atoms with Crippen LogP contribution in [-0.4, -0.2) is 46.8 Å². The van der Waals surface area contributed by atoms with Crippen molar-refractivity contribution in [1.29, 1.82) is 0 Å². The fraction of sp³-hybridized carbons (Fsp3) is 0.226. The third-order valence-electron chi connectivity index (χ3n) is 6.69. The highest BCUT2D eigenvalue weighted by molar-refractivity contribution is 6.35. The highest BCUT2D eigenvalue weighted by Crippen LogP contribution is 2.33. The van der Waals surface area contributed by atoms with Crippen LogP contribution in [0.5, 0.6) is 0 Å². The molecule has 11 heteroatoms. The number of ether oxygens (including phenoxy) is 1. The van der Waals surface area contributed by atoms with E-state index in [2.05, 4.69) is 15.7 Å². The highest BCUT2D eigenvalue weighted by atomic mass is 35.5. The number of esters is 1. The average molecular weight is 628 g/mol. The van der Waals surface area contributed by atoms with E-state index in [1.54, 1.807) is 41.9 Å². The van der Waals surface area contributed by atoms with E-state index in [-0.39, 0.29) is 12.1 Å². The van der Waals surface area contributed by atoms with Crippen LogP contribution in [0.3, 0.4) is 0 Å². The molecule has 0 saturated heterocycles. The van der Waals surface area contributed by atoms with E-state index in [9.17, 15) is 14.4 Å². The summed E-state index contributed by atoms with van der Waals surface area (Å²) in [5.41, 5.74) is 3.53. The zero-order valence-electron chi connectivity index (χ0n) is 23.2. The molecule has 4 rings (SSSR count). The van der Waals surface area contributed by atoms with Gasteiger partial charge in [-0.15, -0.1) is 0 Å². The molecule has 2 amide bonds. The Morgan fingerprint density at radius 2 is 1.60 bits per heavy atom. The molecule has 3 aromatic carbocycles. The molecular formula is C31H29Cl3N4O4. The third-order valence-corrected chi connectivity index (χ3v) is 7.48. The molecule has 0 spiro atoms. The second-order valence-corrected chi connectivity index (χ2v) is 10.9. The number of benzene rings is 3. The van der Waals surface area contributed by atoms with Crippen LogP contribution in [0.1, 0.15) is 35.0 Å². The smallest absolute Gasteiger partial charge is 0.328 e. The largest absolute Gasteiger partial charge is 0.467 e. The summed E-state index contributed by atoms with van der Waals surface area (Å²) in [5, 5.41) is 11.4. The highest BCUT2D eigenvalue weighted by Gasteiger charge is 2.29. The van der Waals surface area contributed by atoms with Gasteiger partial charge >= 0.3 is 5.97 Å². The first-order valence-electron chi connectivity index (χ1n) is 13.1. The summed E-state index contributed by atoms with van der Waals surface area (Å²) in [5.74, 6) is -1.68. The Balaban J connectivity index is 1.70. The molecule has 8 nitrogen and oxygen atoms in total. The van der Waals surface area contributed by atoms with Gasteiger partial charge in [0.25, 0.3) is 5.91 Å². The summed E-state index contributed by atoms with van der Waals surface area (Å²) >= 11 is 18.8. The maximum Gasteiger partial charge on any atom is 0.328 e. The summed E-state index contributed by atoms with van der Waals surface area (Å²) in [4.78, 5) is 39.0. The lowest BCUT2D eigenvalue weighted by Gasteiger charge is -2.20. The number of aryl methyl sites for hydroxylation is 1. The number of hydrogen-bond acceptors (Lipinski definition) is 5. The van der Waals surface area contributed by atoms with E-state index in [0.29, 0.717) is 38.4 Å². The van der Waals surface area contributed by atoms with Crippen LogP contribution in [0.2, 0.25) is 15.1 Å². The van der Waals surface area contributed by atoms with Crippen molar-refractivity contribution in [3.05, 3.63) is 105 Å². The van der Waals surface area contributed by atoms with E-state index in [1.165, 1.54) is 14.0 Å². The lowest BCUT2D eigenvalue weighted by molar-refractivity contribution is -0.144. The first-order valence-corrected chi connectivity index (χ1v) is 14.3. The quantitative estimate of drug-likeness (QED) is 0.203. The number of halogens is 3. The monoisotopic (exact) mass is 626 g/mol. The zero-order chi connectivity index (χ0) is 30.4. The molecule has 2 unspecified atom stereocenters. The number of nitrogens with one attached hydrogen (secondary N) is 2. The van der Waals surface area contributed by atoms with Crippen molar-refractivity contribution in [1.82, 2.24) is 20.4 Å². The van der Waals surface area contributed by atoms with Crippen molar-refractivity contribution in [2.24, 2.45) is 0 Å². The standard InChI is InChI=1S/C31H29Cl3N4O4/c1-18-27(37-38(26-16-14-23(33)17-24(26)34)28(18)21-10-12-22(32)13-11-21)30(40)36-25(15-9-20-7-5-4-6-8-20)29(39)35-19(2)31(41)42-3/h4-8,10-14,16-17,19,25H,9,15H2,1-3H3,(H,35,39)(H,36,40). The second kappa shape index (κ2) is 13.9. The number of hydrogen-bond donors (Lipinski definition) is 2. The summed E-state index contributed by atoms with van der Waals surface area (Å²) < 4.78 is 6.31. The molecule has 0 aliphatic heterocycles. The molecular weight excluding hydrogens is 599 g/mol. The summed E-state index contributed by atoms with van der Waals surface area (Å²) in [7, 11) is 1.24. The van der Waals surface area contributed by atoms with Gasteiger partial charge in [-0.25, -0.2) is 9.48 Å². The lowest BCUT2D eigenvalue weighted by atomic mass is 10.0. The molecule has 0 aliphatic rings. The Labute approximate surface area is 258 Å². The predicted octanol–water partition coefficient (Wildman–Crippen LogP) is 6.22. The minimum absolute atomic E-state index is 0.101. The molecule has 0 fully saturated rings. The van der Waals surface area contributed by atoms with E-state index < -0.39 is 29.9 Å². The molecule has 42 heavy (non-hydrogen) atoms. The predicted molar refractivity (Wildman–Crippen MR) is 164 cm³/mol. The maximum absolute atomic E-state index is 13.8. The van der Waals surface area contributed by atoms with Gasteiger partial charge in [0, 0.05) is 21.2 Å². The van der Waals surface area contributed by atoms with Gasteiger partial charge in [0.05, 0.1) is 23.5 Å². The first-order chi connectivity index (χ1) is 20.1. The molecule has 1 heterocycles. The number of carbonyl (C=O) groups is 3. The van der Waals surface area contributed by atoms with Gasteiger partial charge in [-0.3, -0.25) is 9.59 Å². The van der Waals surface area contributed by atoms with Crippen molar-refractivity contribution in [2.75, 3.05) is 7.11 Å². The van der Waals surface area contributed by atoms with E-state index in [1.807, 2.05) is 42.5 Å². The van der Waals surface area contributed by atoms with Crippen LogP contribution < -0.4 is 10.6 Å². The summed E-state index contributed by atoms with van der Waals surface area (Å²) in [6, 6.07) is 19.8. The molecule has 0 aliphatic carbocycles. The van der Waals surface area contributed by atoms with Gasteiger partial charge in [-0.2, -0.15) is 5.10 Å². The van der Waals surface area contributed by atoms with Gasteiger partial charge in [0.1, 0.15) is 12.1 Å². The summed E-state index contributed by atoms with van der Waals surface area (Å²) in [6.07, 6.45) is 0.790. The van der Waals surface area contributed by atoms with Crippen LogP contribution in [0.25, 0.3) is 16.9 Å². The molecule has 218 valence electrons. The topological polar surface area (TPSA) is 102 Å². The summed E-state index contributed by atoms with van der Waals surface area (Å²) in [6.45, 7) is 3.28. The number of methoxy groups -OCH3 is 1. The molecule has 0 radical (unpaired) electrons. The third kappa shape index (κ3) is 7.31. The Morgan fingerprint density at radius 1 is 0.929 bits per heavy atom. The van der Waals surface area contributed by atoms with Crippen LogP contribution in [0.4, 0.5) is 0 Å². The van der Waals surface area contributed by atoms with Crippen molar-refractivity contribution < 1.29 is 19.1 Å². The number of rotatable bonds is 10. The average Bonchev–Trinajstić information content (AvgIpc) is 3.32. The van der Waals surface area contributed by atoms with E-state index in [0.717, 1.165) is 11.1 Å². The van der Waals surface area contributed by atoms with Crippen LogP contribution in [-0.2, 0) is 20.7 Å². The maximum atomic E-state index is 13.8. The van der Waals surface area contributed by atoms with Crippen LogP contribution in [0, 0.1) is 6.92 Å². The van der Waals surface area contributed by atoms with Gasteiger partial charge < -0.3 is 15.4 Å². The number of aromatic nitrogens is 2. The number of amides is 2. The van der Waals surface area contributed by atoms with Gasteiger partial charge in [-0.05, 0) is 62.6 Å². The normalized spacial score (nSPS) is 12.3. The van der Waals surface area contributed by atoms with Crippen molar-refractivity contribution in [3.8, 4) is 16.9 Å². The van der Waals surface area contributed by atoms with Crippen LogP contribution in [0.15, 0.2) is 72.8 Å². The van der Waals surface area contributed by atoms with E-state index >= 15 is 0 Å². The fourth-order valence-corrected chi connectivity index (χ4v) is 5.10. The van der Waals surface area contributed by atoms with Crippen molar-refractivity contribution in [3.63, 3.8) is 0 Å². The molecule has 0 saturated carbocycles. The molecule has 2 atom stereocenters. The SMILES string of the molecule is COC(=O)C(C)NC(=O)C(CCc1ccccc1)NC(=O)c1nn(-c2ccc(Cl)cc2Cl)c(-c2ccc(Cl)cc2)c1C. The molecule has 0 bridgehead atoms. The lowest BCUT2D eigenvalue weighted by Crippen LogP contribution is -2.51. The Hall–Kier alpha value is -3.85. The Morgan fingerprint density at radius 3 is 2.24 bits per heavy atom. The minimum Gasteiger partial charge on any atom is -0.467 e. The Bertz CT molecular complexity index is 1590. The molecule has 1 aromatic heterocycles. The number of nitrogens with zero attached hydrogens (tertiary/aromatic N) is 2. The molecule has 4 aromatic rings. The first kappa shape index (κ1) is 31.1. The van der Waals surface area contributed by atoms with Gasteiger partial charge in [0.2, 0.25) is 5.91 Å². The zero-order valence-corrected chi connectivity index (χ0v) is 25.4. The minimum atomic E-state index is -0.965.